The molecule has 3 aromatic carbocycles. The molecular weight excluding hydrogens is 468 g/mol. The van der Waals surface area contributed by atoms with Crippen LogP contribution in [-0.4, -0.2) is 68.8 Å². The van der Waals surface area contributed by atoms with E-state index in [1.54, 1.807) is 13.2 Å². The fourth-order valence-corrected chi connectivity index (χ4v) is 5.17. The molecule has 8 heteroatoms. The molecule has 2 aliphatic heterocycles. The molecule has 1 aromatic heterocycles. The predicted molar refractivity (Wildman–Crippen MR) is 143 cm³/mol. The minimum atomic E-state index is -0.110. The third-order valence-corrected chi connectivity index (χ3v) is 7.03. The summed E-state index contributed by atoms with van der Waals surface area (Å²) >= 11 is 0. The van der Waals surface area contributed by atoms with E-state index in [1.165, 1.54) is 0 Å². The van der Waals surface area contributed by atoms with Crippen LogP contribution in [-0.2, 0) is 6.42 Å². The van der Waals surface area contributed by atoms with E-state index in [-0.39, 0.29) is 5.91 Å². The molecule has 190 valence electrons. The number of carbonyl (C=O) groups is 1. The van der Waals surface area contributed by atoms with E-state index in [0.29, 0.717) is 24.5 Å². The van der Waals surface area contributed by atoms with Crippen molar-refractivity contribution < 1.29 is 19.0 Å². The molecule has 8 nitrogen and oxygen atoms in total. The lowest BCUT2D eigenvalue weighted by molar-refractivity contribution is 0.0964. The van der Waals surface area contributed by atoms with Crippen LogP contribution in [0.2, 0.25) is 0 Å². The van der Waals surface area contributed by atoms with Gasteiger partial charge in [0.25, 0.3) is 5.91 Å². The van der Waals surface area contributed by atoms with E-state index in [9.17, 15) is 4.79 Å². The Morgan fingerprint density at radius 1 is 1.14 bits per heavy atom. The van der Waals surface area contributed by atoms with Crippen LogP contribution in [0.15, 0.2) is 54.7 Å². The Balaban J connectivity index is 1.29. The van der Waals surface area contributed by atoms with Crippen molar-refractivity contribution >= 4 is 27.6 Å². The first-order chi connectivity index (χ1) is 18.2. The molecule has 1 saturated heterocycles. The number of hydrogen-bond acceptors (Lipinski definition) is 7. The van der Waals surface area contributed by atoms with Gasteiger partial charge in [0.1, 0.15) is 18.1 Å². The van der Waals surface area contributed by atoms with Crippen LogP contribution in [0.1, 0.15) is 15.9 Å². The number of amides is 1. The highest BCUT2D eigenvalue weighted by Gasteiger charge is 2.24. The van der Waals surface area contributed by atoms with Crippen molar-refractivity contribution in [1.29, 1.82) is 0 Å². The highest BCUT2D eigenvalue weighted by atomic mass is 16.5. The molecule has 0 spiro atoms. The van der Waals surface area contributed by atoms with Gasteiger partial charge in [-0.2, -0.15) is 0 Å². The van der Waals surface area contributed by atoms with Gasteiger partial charge in [0, 0.05) is 69.6 Å². The van der Waals surface area contributed by atoms with Crippen LogP contribution in [0.25, 0.3) is 21.7 Å². The average Bonchev–Trinajstić information content (AvgIpc) is 3.43. The SMILES string of the molecule is CNC(=O)c1cccc2cc(Oc3ccnc4cc(OCCN5CCNCC5)c5c(c34)CCO5)ccc12. The third kappa shape index (κ3) is 4.65. The zero-order valence-electron chi connectivity index (χ0n) is 20.9. The molecule has 0 radical (unpaired) electrons. The van der Waals surface area contributed by atoms with Gasteiger partial charge in [-0.15, -0.1) is 0 Å². The van der Waals surface area contributed by atoms with Crippen molar-refractivity contribution in [2.45, 2.75) is 6.42 Å². The molecule has 0 bridgehead atoms. The fraction of sp³-hybridized carbons (Fsp3) is 0.310. The molecule has 2 aliphatic rings. The van der Waals surface area contributed by atoms with Gasteiger partial charge in [-0.3, -0.25) is 14.7 Å². The highest BCUT2D eigenvalue weighted by molar-refractivity contribution is 6.07. The number of rotatable bonds is 7. The minimum Gasteiger partial charge on any atom is -0.489 e. The number of nitrogens with zero attached hydrogens (tertiary/aromatic N) is 2. The number of fused-ring (bicyclic) bond motifs is 4. The second-order valence-electron chi connectivity index (χ2n) is 9.29. The first-order valence-corrected chi connectivity index (χ1v) is 12.8. The van der Waals surface area contributed by atoms with Crippen LogP contribution in [0, 0.1) is 0 Å². The normalized spacial score (nSPS) is 15.4. The summed E-state index contributed by atoms with van der Waals surface area (Å²) in [6, 6.07) is 15.3. The smallest absolute Gasteiger partial charge is 0.251 e. The van der Waals surface area contributed by atoms with E-state index in [2.05, 4.69) is 20.5 Å². The van der Waals surface area contributed by atoms with Gasteiger partial charge in [-0.25, -0.2) is 0 Å². The maximum atomic E-state index is 12.3. The third-order valence-electron chi connectivity index (χ3n) is 7.03. The van der Waals surface area contributed by atoms with Crippen LogP contribution in [0.3, 0.4) is 0 Å². The first kappa shape index (κ1) is 23.5. The summed E-state index contributed by atoms with van der Waals surface area (Å²) in [5.41, 5.74) is 2.53. The van der Waals surface area contributed by atoms with Crippen LogP contribution in [0.4, 0.5) is 0 Å². The van der Waals surface area contributed by atoms with Gasteiger partial charge in [-0.1, -0.05) is 12.1 Å². The summed E-state index contributed by atoms with van der Waals surface area (Å²) in [5, 5.41) is 8.84. The molecule has 6 rings (SSSR count). The number of aromatic nitrogens is 1. The summed E-state index contributed by atoms with van der Waals surface area (Å²) in [6.07, 6.45) is 2.53. The van der Waals surface area contributed by atoms with Gasteiger partial charge >= 0.3 is 0 Å². The van der Waals surface area contributed by atoms with E-state index in [0.717, 1.165) is 83.6 Å². The zero-order chi connectivity index (χ0) is 25.2. The van der Waals surface area contributed by atoms with Gasteiger partial charge in [-0.05, 0) is 41.1 Å². The average molecular weight is 499 g/mol. The van der Waals surface area contributed by atoms with E-state index in [1.807, 2.05) is 48.5 Å². The van der Waals surface area contributed by atoms with Gasteiger partial charge in [0.05, 0.1) is 17.5 Å². The van der Waals surface area contributed by atoms with Crippen molar-refractivity contribution in [1.82, 2.24) is 20.5 Å². The summed E-state index contributed by atoms with van der Waals surface area (Å²) < 4.78 is 18.6. The second-order valence-corrected chi connectivity index (χ2v) is 9.29. The van der Waals surface area contributed by atoms with E-state index >= 15 is 0 Å². The van der Waals surface area contributed by atoms with Gasteiger partial charge < -0.3 is 24.8 Å². The first-order valence-electron chi connectivity index (χ1n) is 12.8. The number of piperazine rings is 1. The number of carbonyl (C=O) groups excluding carboxylic acids is 1. The minimum absolute atomic E-state index is 0.110. The Kier molecular flexibility index (Phi) is 6.51. The number of nitrogens with one attached hydrogen (secondary N) is 2. The fourth-order valence-electron chi connectivity index (χ4n) is 5.17. The Bertz CT molecular complexity index is 1470. The molecule has 0 aliphatic carbocycles. The predicted octanol–water partition coefficient (Wildman–Crippen LogP) is 3.76. The topological polar surface area (TPSA) is 85.0 Å². The molecule has 4 aromatic rings. The Morgan fingerprint density at radius 2 is 2.03 bits per heavy atom. The van der Waals surface area contributed by atoms with Crippen molar-refractivity contribution in [3.8, 4) is 23.0 Å². The lowest BCUT2D eigenvalue weighted by Crippen LogP contribution is -2.44. The summed E-state index contributed by atoms with van der Waals surface area (Å²) in [6.45, 7) is 6.22. The molecular formula is C29H30N4O4. The monoisotopic (exact) mass is 498 g/mol. The Labute approximate surface area is 215 Å². The van der Waals surface area contributed by atoms with Crippen molar-refractivity contribution in [3.05, 3.63) is 65.9 Å². The summed E-state index contributed by atoms with van der Waals surface area (Å²) in [4.78, 5) is 19.3. The lowest BCUT2D eigenvalue weighted by atomic mass is 10.0. The van der Waals surface area contributed by atoms with Gasteiger partial charge in [0.15, 0.2) is 11.5 Å². The summed E-state index contributed by atoms with van der Waals surface area (Å²) in [5.74, 6) is 2.84. The molecule has 37 heavy (non-hydrogen) atoms. The zero-order valence-corrected chi connectivity index (χ0v) is 20.9. The maximum absolute atomic E-state index is 12.3. The van der Waals surface area contributed by atoms with Crippen molar-refractivity contribution in [2.24, 2.45) is 0 Å². The largest absolute Gasteiger partial charge is 0.489 e. The van der Waals surface area contributed by atoms with E-state index in [4.69, 9.17) is 14.2 Å². The molecule has 0 saturated carbocycles. The Morgan fingerprint density at radius 3 is 2.89 bits per heavy atom. The number of pyridine rings is 1. The Hall–Kier alpha value is -3.88. The van der Waals surface area contributed by atoms with Crippen LogP contribution >= 0.6 is 0 Å². The molecule has 0 unspecified atom stereocenters. The molecule has 1 amide bonds. The van der Waals surface area contributed by atoms with Crippen molar-refractivity contribution in [2.75, 3.05) is 53.0 Å². The molecule has 1 fully saturated rings. The highest BCUT2D eigenvalue weighted by Crippen LogP contribution is 2.44. The number of ether oxygens (including phenoxy) is 3. The maximum Gasteiger partial charge on any atom is 0.251 e. The number of hydrogen-bond donors (Lipinski definition) is 2. The standard InChI is InChI=1S/C29H30N4O4/c1-30-29(34)22-4-2-3-19-17-20(5-6-21(19)22)37-25-7-9-32-24-18-26(28-23(27(24)25)8-15-36-28)35-16-14-33-12-10-31-11-13-33/h2-7,9,17-18,31H,8,10-16H2,1H3,(H,30,34). The van der Waals surface area contributed by atoms with Crippen LogP contribution in [0.5, 0.6) is 23.0 Å². The van der Waals surface area contributed by atoms with Crippen molar-refractivity contribution in [3.63, 3.8) is 0 Å². The molecule has 3 heterocycles. The summed E-state index contributed by atoms with van der Waals surface area (Å²) in [7, 11) is 1.64. The molecule has 2 N–H and O–H groups in total. The van der Waals surface area contributed by atoms with E-state index < -0.39 is 0 Å². The van der Waals surface area contributed by atoms with Crippen LogP contribution < -0.4 is 24.8 Å². The quantitative estimate of drug-likeness (QED) is 0.401. The number of benzene rings is 3. The second kappa shape index (κ2) is 10.2. The molecule has 0 atom stereocenters. The lowest BCUT2D eigenvalue weighted by Gasteiger charge is -2.27. The van der Waals surface area contributed by atoms with Gasteiger partial charge in [0.2, 0.25) is 0 Å².